The van der Waals surface area contributed by atoms with Crippen molar-refractivity contribution in [2.24, 2.45) is 5.92 Å². The predicted molar refractivity (Wildman–Crippen MR) is 93.2 cm³/mol. The molecule has 1 aromatic heterocycles. The Hall–Kier alpha value is -2.30. The van der Waals surface area contributed by atoms with Crippen LogP contribution in [0.25, 0.3) is 10.9 Å². The van der Waals surface area contributed by atoms with E-state index in [1.54, 1.807) is 4.57 Å². The van der Waals surface area contributed by atoms with Crippen molar-refractivity contribution in [1.82, 2.24) is 4.57 Å². The number of carbonyl (C=O) groups is 2. The number of ether oxygens (including phenoxy) is 2. The van der Waals surface area contributed by atoms with Crippen LogP contribution in [0.3, 0.4) is 0 Å². The highest BCUT2D eigenvalue weighted by Gasteiger charge is 2.24. The number of benzene rings is 1. The molecule has 0 radical (unpaired) electrons. The summed E-state index contributed by atoms with van der Waals surface area (Å²) >= 11 is 0. The van der Waals surface area contributed by atoms with Crippen molar-refractivity contribution in [2.75, 3.05) is 14.2 Å². The molecule has 0 unspecified atom stereocenters. The molecule has 1 heterocycles. The van der Waals surface area contributed by atoms with Crippen molar-refractivity contribution >= 4 is 23.0 Å². The summed E-state index contributed by atoms with van der Waals surface area (Å²) in [7, 11) is 2.75. The Morgan fingerprint density at radius 3 is 2.33 bits per heavy atom. The number of methoxy groups -OCH3 is 2. The number of fused-ring (bicyclic) bond motifs is 1. The maximum absolute atomic E-state index is 12.4. The molecule has 24 heavy (non-hydrogen) atoms. The topological polar surface area (TPSA) is 57.5 Å². The van der Waals surface area contributed by atoms with Gasteiger partial charge >= 0.3 is 12.1 Å². The van der Waals surface area contributed by atoms with E-state index < -0.39 is 6.09 Å². The van der Waals surface area contributed by atoms with Gasteiger partial charge in [-0.15, -0.1) is 0 Å². The Bertz CT molecular complexity index is 728. The molecule has 5 heteroatoms. The fourth-order valence-corrected chi connectivity index (χ4v) is 3.14. The summed E-state index contributed by atoms with van der Waals surface area (Å²) < 4.78 is 11.4. The summed E-state index contributed by atoms with van der Waals surface area (Å²) in [6.07, 6.45) is 2.47. The maximum Gasteiger partial charge on any atom is 0.418 e. The van der Waals surface area contributed by atoms with E-state index in [4.69, 9.17) is 9.47 Å². The van der Waals surface area contributed by atoms with Gasteiger partial charge in [-0.05, 0) is 24.0 Å². The van der Waals surface area contributed by atoms with Crippen molar-refractivity contribution in [2.45, 2.75) is 39.5 Å². The highest BCUT2D eigenvalue weighted by molar-refractivity contribution is 5.95. The minimum atomic E-state index is -0.428. The molecule has 0 fully saturated rings. The standard InChI is InChI=1S/C19H25NO4/c1-5-13(6-2)11-17-15(12-18(21)23-3)14-9-7-8-10-16(14)20(17)19(22)24-4/h7-10,13H,5-6,11-12H2,1-4H3. The van der Waals surface area contributed by atoms with E-state index >= 15 is 0 Å². The molecule has 0 aliphatic carbocycles. The van der Waals surface area contributed by atoms with Crippen LogP contribution in [0.4, 0.5) is 4.79 Å². The average Bonchev–Trinajstić information content (AvgIpc) is 2.92. The molecule has 0 saturated heterocycles. The minimum absolute atomic E-state index is 0.149. The molecule has 5 nitrogen and oxygen atoms in total. The van der Waals surface area contributed by atoms with Gasteiger partial charge in [0, 0.05) is 11.1 Å². The number of aromatic nitrogens is 1. The van der Waals surface area contributed by atoms with E-state index in [0.717, 1.165) is 41.4 Å². The monoisotopic (exact) mass is 331 g/mol. The molecule has 2 aromatic rings. The lowest BCUT2D eigenvalue weighted by Gasteiger charge is -2.16. The first-order chi connectivity index (χ1) is 11.6. The zero-order valence-electron chi connectivity index (χ0n) is 14.8. The van der Waals surface area contributed by atoms with Crippen LogP contribution in [0.5, 0.6) is 0 Å². The first kappa shape index (κ1) is 18.0. The Labute approximate surface area is 142 Å². The lowest BCUT2D eigenvalue weighted by molar-refractivity contribution is -0.139. The third kappa shape index (κ3) is 3.45. The van der Waals surface area contributed by atoms with Gasteiger partial charge in [-0.25, -0.2) is 9.36 Å². The van der Waals surface area contributed by atoms with Gasteiger partial charge in [0.15, 0.2) is 0 Å². The Balaban J connectivity index is 2.69. The van der Waals surface area contributed by atoms with Crippen LogP contribution in [0.2, 0.25) is 0 Å². The Morgan fingerprint density at radius 2 is 1.75 bits per heavy atom. The molecule has 2 rings (SSSR count). The second kappa shape index (κ2) is 7.99. The lowest BCUT2D eigenvalue weighted by Crippen LogP contribution is -2.18. The molecule has 0 amide bonds. The molecule has 0 aliphatic heterocycles. The predicted octanol–water partition coefficient (Wildman–Crippen LogP) is 3.95. The van der Waals surface area contributed by atoms with Crippen molar-refractivity contribution in [3.63, 3.8) is 0 Å². The second-order valence-electron chi connectivity index (χ2n) is 5.89. The molecular formula is C19H25NO4. The smallest absolute Gasteiger partial charge is 0.418 e. The molecule has 130 valence electrons. The first-order valence-corrected chi connectivity index (χ1v) is 8.33. The summed E-state index contributed by atoms with van der Waals surface area (Å²) in [5.41, 5.74) is 2.47. The second-order valence-corrected chi connectivity index (χ2v) is 5.89. The normalized spacial score (nSPS) is 11.0. The van der Waals surface area contributed by atoms with Crippen molar-refractivity contribution in [3.8, 4) is 0 Å². The van der Waals surface area contributed by atoms with Gasteiger partial charge in [0.2, 0.25) is 0 Å². The Morgan fingerprint density at radius 1 is 1.08 bits per heavy atom. The lowest BCUT2D eigenvalue weighted by atomic mass is 9.94. The van der Waals surface area contributed by atoms with Crippen molar-refractivity contribution in [3.05, 3.63) is 35.5 Å². The molecule has 0 N–H and O–H groups in total. The number of carbonyl (C=O) groups excluding carboxylic acids is 2. The van der Waals surface area contributed by atoms with E-state index in [9.17, 15) is 9.59 Å². The van der Waals surface area contributed by atoms with E-state index in [0.29, 0.717) is 5.92 Å². The van der Waals surface area contributed by atoms with Crippen LogP contribution in [-0.4, -0.2) is 30.8 Å². The number of nitrogens with zero attached hydrogens (tertiary/aromatic N) is 1. The Kier molecular flexibility index (Phi) is 6.01. The van der Waals surface area contributed by atoms with Crippen molar-refractivity contribution < 1.29 is 19.1 Å². The van der Waals surface area contributed by atoms with Gasteiger partial charge in [0.25, 0.3) is 0 Å². The number of esters is 1. The van der Waals surface area contributed by atoms with Crippen LogP contribution in [0.15, 0.2) is 24.3 Å². The summed E-state index contributed by atoms with van der Waals surface area (Å²) in [6, 6.07) is 7.60. The zero-order chi connectivity index (χ0) is 17.7. The van der Waals surface area contributed by atoms with Crippen molar-refractivity contribution in [1.29, 1.82) is 0 Å². The van der Waals surface area contributed by atoms with Gasteiger partial charge < -0.3 is 9.47 Å². The van der Waals surface area contributed by atoms with Gasteiger partial charge in [0.1, 0.15) is 0 Å². The van der Waals surface area contributed by atoms with Crippen LogP contribution in [-0.2, 0) is 27.1 Å². The minimum Gasteiger partial charge on any atom is -0.469 e. The van der Waals surface area contributed by atoms with Gasteiger partial charge in [-0.1, -0.05) is 44.9 Å². The molecule has 1 aromatic carbocycles. The SMILES string of the molecule is CCC(CC)Cc1c(CC(=O)OC)c2ccccc2n1C(=O)OC. The number of para-hydroxylation sites is 1. The molecule has 0 bridgehead atoms. The average molecular weight is 331 g/mol. The fraction of sp³-hybridized carbons (Fsp3) is 0.474. The molecule has 0 spiro atoms. The van der Waals surface area contributed by atoms with Crippen LogP contribution >= 0.6 is 0 Å². The third-order valence-electron chi connectivity index (χ3n) is 4.63. The third-order valence-corrected chi connectivity index (χ3v) is 4.63. The van der Waals surface area contributed by atoms with Crippen LogP contribution < -0.4 is 0 Å². The zero-order valence-corrected chi connectivity index (χ0v) is 14.8. The summed E-state index contributed by atoms with van der Waals surface area (Å²) in [5.74, 6) is 0.127. The molecule has 0 saturated carbocycles. The summed E-state index contributed by atoms with van der Waals surface area (Å²) in [5, 5.41) is 0.897. The van der Waals surface area contributed by atoms with Crippen LogP contribution in [0.1, 0.15) is 37.9 Å². The molecular weight excluding hydrogens is 306 g/mol. The first-order valence-electron chi connectivity index (χ1n) is 8.33. The number of rotatable bonds is 6. The highest BCUT2D eigenvalue weighted by atomic mass is 16.5. The van der Waals surface area contributed by atoms with E-state index in [2.05, 4.69) is 13.8 Å². The molecule has 0 aliphatic rings. The largest absolute Gasteiger partial charge is 0.469 e. The summed E-state index contributed by atoms with van der Waals surface area (Å²) in [6.45, 7) is 4.28. The highest BCUT2D eigenvalue weighted by Crippen LogP contribution is 2.30. The van der Waals surface area contributed by atoms with E-state index in [1.165, 1.54) is 14.2 Å². The quantitative estimate of drug-likeness (QED) is 0.752. The van der Waals surface area contributed by atoms with Gasteiger partial charge in [-0.3, -0.25) is 4.79 Å². The van der Waals surface area contributed by atoms with E-state index in [-0.39, 0.29) is 12.4 Å². The number of hydrogen-bond donors (Lipinski definition) is 0. The van der Waals surface area contributed by atoms with E-state index in [1.807, 2.05) is 24.3 Å². The maximum atomic E-state index is 12.4. The molecule has 0 atom stereocenters. The van der Waals surface area contributed by atoms with Gasteiger partial charge in [-0.2, -0.15) is 0 Å². The fourth-order valence-electron chi connectivity index (χ4n) is 3.14. The van der Waals surface area contributed by atoms with Gasteiger partial charge in [0.05, 0.1) is 26.2 Å². The number of hydrogen-bond acceptors (Lipinski definition) is 4. The summed E-state index contributed by atoms with van der Waals surface area (Å²) in [4.78, 5) is 24.3. The van der Waals surface area contributed by atoms with Crippen LogP contribution in [0, 0.1) is 5.92 Å².